The van der Waals surface area contributed by atoms with E-state index in [-0.39, 0.29) is 5.82 Å². The topological polar surface area (TPSA) is 97.3 Å². The minimum Gasteiger partial charge on any atom is -0.598 e. The van der Waals surface area contributed by atoms with Gasteiger partial charge >= 0.3 is 6.09 Å². The van der Waals surface area contributed by atoms with Gasteiger partial charge in [0, 0.05) is 25.4 Å². The number of carbonyl (C=O) groups is 1. The molecule has 154 valence electrons. The van der Waals surface area contributed by atoms with Gasteiger partial charge in [-0.3, -0.25) is 5.32 Å². The minimum atomic E-state index is -1.41. The zero-order chi connectivity index (χ0) is 21.3. The first-order valence-corrected chi connectivity index (χ1v) is 11.7. The SMILES string of the molecule is CC(C)(C)[S@+]([O-])NC(c1cc2cccc(Br)c2s1)c1nc(NC(=O)O)ccc1Cl. The molecule has 29 heavy (non-hydrogen) atoms. The van der Waals surface area contributed by atoms with Crippen molar-refractivity contribution >= 4 is 72.2 Å². The fourth-order valence-electron chi connectivity index (χ4n) is 2.56. The van der Waals surface area contributed by atoms with Gasteiger partial charge in [-0.1, -0.05) is 23.7 Å². The molecule has 3 aromatic rings. The van der Waals surface area contributed by atoms with Gasteiger partial charge in [-0.05, 0) is 66.4 Å². The number of pyridine rings is 1. The maximum Gasteiger partial charge on any atom is 0.410 e. The number of carboxylic acid groups (broad SMARTS) is 1. The van der Waals surface area contributed by atoms with E-state index in [1.54, 1.807) is 6.07 Å². The van der Waals surface area contributed by atoms with Crippen molar-refractivity contribution in [2.75, 3.05) is 5.32 Å². The van der Waals surface area contributed by atoms with Crippen LogP contribution in [0.25, 0.3) is 10.1 Å². The van der Waals surface area contributed by atoms with Crippen molar-refractivity contribution in [2.45, 2.75) is 31.6 Å². The van der Waals surface area contributed by atoms with E-state index in [9.17, 15) is 9.35 Å². The summed E-state index contributed by atoms with van der Waals surface area (Å²) in [6, 6.07) is 10.4. The van der Waals surface area contributed by atoms with Gasteiger partial charge in [-0.2, -0.15) is 0 Å². The Morgan fingerprint density at radius 1 is 1.34 bits per heavy atom. The number of hydrogen-bond acceptors (Lipinski definition) is 5. The number of amides is 1. The van der Waals surface area contributed by atoms with E-state index in [0.29, 0.717) is 10.7 Å². The van der Waals surface area contributed by atoms with E-state index in [2.05, 4.69) is 31.0 Å². The van der Waals surface area contributed by atoms with Crippen molar-refractivity contribution in [1.82, 2.24) is 9.71 Å². The molecule has 0 saturated carbocycles. The summed E-state index contributed by atoms with van der Waals surface area (Å²) in [7, 11) is 0. The van der Waals surface area contributed by atoms with Gasteiger partial charge < -0.3 is 9.66 Å². The van der Waals surface area contributed by atoms with Gasteiger partial charge in [-0.15, -0.1) is 16.1 Å². The first-order chi connectivity index (χ1) is 13.6. The molecule has 1 unspecified atom stereocenters. The average Bonchev–Trinajstić information content (AvgIpc) is 3.05. The maximum atomic E-state index is 12.9. The van der Waals surface area contributed by atoms with Crippen molar-refractivity contribution in [3.8, 4) is 0 Å². The Hall–Kier alpha value is -1.36. The third kappa shape index (κ3) is 5.22. The van der Waals surface area contributed by atoms with Gasteiger partial charge in [0.05, 0.1) is 10.7 Å². The molecule has 10 heteroatoms. The molecule has 0 radical (unpaired) electrons. The van der Waals surface area contributed by atoms with Gasteiger partial charge in [0.2, 0.25) is 0 Å². The number of anilines is 1. The van der Waals surface area contributed by atoms with Gasteiger partial charge in [0.25, 0.3) is 0 Å². The van der Waals surface area contributed by atoms with Crippen molar-refractivity contribution in [3.63, 3.8) is 0 Å². The number of benzene rings is 1. The number of nitrogens with zero attached hydrogens (tertiary/aromatic N) is 1. The Morgan fingerprint density at radius 3 is 2.69 bits per heavy atom. The predicted octanol–water partition coefficient (Wildman–Crippen LogP) is 5.94. The molecule has 2 aromatic heterocycles. The fraction of sp³-hybridized carbons (Fsp3) is 0.263. The Labute approximate surface area is 189 Å². The molecule has 2 heterocycles. The van der Waals surface area contributed by atoms with Gasteiger partial charge in [0.15, 0.2) is 0 Å². The number of nitrogens with one attached hydrogen (secondary N) is 2. The van der Waals surface area contributed by atoms with Crippen LogP contribution in [0.2, 0.25) is 5.02 Å². The number of rotatable bonds is 5. The molecule has 1 amide bonds. The smallest absolute Gasteiger partial charge is 0.410 e. The molecule has 3 rings (SSSR count). The molecule has 0 bridgehead atoms. The van der Waals surface area contributed by atoms with Crippen LogP contribution in [0.4, 0.5) is 10.6 Å². The summed E-state index contributed by atoms with van der Waals surface area (Å²) in [5, 5.41) is 12.6. The molecular formula is C19H19BrClN3O3S2. The van der Waals surface area contributed by atoms with Gasteiger partial charge in [0.1, 0.15) is 16.6 Å². The summed E-state index contributed by atoms with van der Waals surface area (Å²) in [4.78, 5) is 16.3. The summed E-state index contributed by atoms with van der Waals surface area (Å²) in [6.45, 7) is 5.60. The predicted molar refractivity (Wildman–Crippen MR) is 123 cm³/mol. The lowest BCUT2D eigenvalue weighted by Gasteiger charge is -2.27. The highest BCUT2D eigenvalue weighted by Gasteiger charge is 2.33. The van der Waals surface area contributed by atoms with E-state index in [1.807, 2.05) is 45.0 Å². The van der Waals surface area contributed by atoms with Crippen molar-refractivity contribution < 1.29 is 14.5 Å². The lowest BCUT2D eigenvalue weighted by Crippen LogP contribution is -2.41. The van der Waals surface area contributed by atoms with Crippen LogP contribution >= 0.6 is 38.9 Å². The van der Waals surface area contributed by atoms with E-state index in [0.717, 1.165) is 19.4 Å². The highest BCUT2D eigenvalue weighted by atomic mass is 79.9. The molecule has 1 aromatic carbocycles. The first kappa shape index (κ1) is 22.3. The highest BCUT2D eigenvalue weighted by molar-refractivity contribution is 9.10. The number of thiophene rings is 1. The molecule has 0 aliphatic rings. The van der Waals surface area contributed by atoms with Crippen LogP contribution in [-0.2, 0) is 11.4 Å². The third-order valence-electron chi connectivity index (χ3n) is 3.96. The summed E-state index contributed by atoms with van der Waals surface area (Å²) < 4.78 is 17.5. The van der Waals surface area contributed by atoms with E-state index >= 15 is 0 Å². The Balaban J connectivity index is 2.12. The Kier molecular flexibility index (Phi) is 6.77. The standard InChI is InChI=1S/C19H19BrClN3O3S2/c1-19(2,3)29(27)24-16(13-9-10-5-4-6-11(20)17(10)28-13)15-12(21)7-8-14(22-15)23-18(25)26/h4-9,16,24H,1-3H3,(H,22,23)(H,25,26)/t16?,29-/m0/s1. The molecular weight excluding hydrogens is 498 g/mol. The van der Waals surface area contributed by atoms with Crippen molar-refractivity contribution in [1.29, 1.82) is 0 Å². The second kappa shape index (κ2) is 8.79. The van der Waals surface area contributed by atoms with Crippen molar-refractivity contribution in [3.05, 3.63) is 56.5 Å². The number of aromatic nitrogens is 1. The van der Waals surface area contributed by atoms with E-state index in [4.69, 9.17) is 16.7 Å². The summed E-state index contributed by atoms with van der Waals surface area (Å²) in [5.41, 5.74) is 0.401. The van der Waals surface area contributed by atoms with Crippen LogP contribution in [0.5, 0.6) is 0 Å². The molecule has 3 N–H and O–H groups in total. The van der Waals surface area contributed by atoms with Crippen LogP contribution in [0.15, 0.2) is 40.9 Å². The van der Waals surface area contributed by atoms with Crippen LogP contribution in [0, 0.1) is 0 Å². The van der Waals surface area contributed by atoms with Crippen LogP contribution in [-0.4, -0.2) is 25.5 Å². The highest BCUT2D eigenvalue weighted by Crippen LogP contribution is 2.39. The van der Waals surface area contributed by atoms with E-state index < -0.39 is 28.2 Å². The zero-order valence-corrected chi connectivity index (χ0v) is 19.8. The number of fused-ring (bicyclic) bond motifs is 1. The third-order valence-corrected chi connectivity index (χ3v) is 8.02. The molecule has 6 nitrogen and oxygen atoms in total. The first-order valence-electron chi connectivity index (χ1n) is 8.58. The van der Waals surface area contributed by atoms with Gasteiger partial charge in [-0.25, -0.2) is 9.78 Å². The van der Waals surface area contributed by atoms with Crippen LogP contribution in [0.3, 0.4) is 0 Å². The zero-order valence-electron chi connectivity index (χ0n) is 15.8. The molecule has 0 aliphatic carbocycles. The summed E-state index contributed by atoms with van der Waals surface area (Å²) in [6.07, 6.45) is -1.22. The maximum absolute atomic E-state index is 12.9. The monoisotopic (exact) mass is 515 g/mol. The number of hydrogen-bond donors (Lipinski definition) is 3. The molecule has 0 aliphatic heterocycles. The van der Waals surface area contributed by atoms with Crippen LogP contribution < -0.4 is 10.0 Å². The summed E-state index contributed by atoms with van der Waals surface area (Å²) >= 11 is 10.1. The Morgan fingerprint density at radius 2 is 2.07 bits per heavy atom. The normalized spacial score (nSPS) is 14.0. The molecule has 0 fully saturated rings. The van der Waals surface area contributed by atoms with Crippen molar-refractivity contribution in [2.24, 2.45) is 0 Å². The largest absolute Gasteiger partial charge is 0.598 e. The molecule has 0 spiro atoms. The average molecular weight is 517 g/mol. The van der Waals surface area contributed by atoms with Crippen LogP contribution in [0.1, 0.15) is 37.4 Å². The lowest BCUT2D eigenvalue weighted by molar-refractivity contribution is 0.209. The quantitative estimate of drug-likeness (QED) is 0.364. The Bertz CT molecular complexity index is 1050. The lowest BCUT2D eigenvalue weighted by atomic mass is 10.1. The second-order valence-electron chi connectivity index (χ2n) is 7.23. The molecule has 0 saturated heterocycles. The van der Waals surface area contributed by atoms with E-state index in [1.165, 1.54) is 17.4 Å². The summed E-state index contributed by atoms with van der Waals surface area (Å²) in [5.74, 6) is 0.146. The number of halogens is 2. The second-order valence-corrected chi connectivity index (χ2v) is 11.6. The fourth-order valence-corrected chi connectivity index (χ4v) is 5.40. The molecule has 2 atom stereocenters. The minimum absolute atomic E-state index is 0.146.